The first-order chi connectivity index (χ1) is 17.6. The molecular weight excluding hydrogens is 455 g/mol. The Morgan fingerprint density at radius 2 is 1.92 bits per heavy atom. The van der Waals surface area contributed by atoms with E-state index in [2.05, 4.69) is 26.7 Å². The summed E-state index contributed by atoms with van der Waals surface area (Å²) < 4.78 is 13.6. The van der Waals surface area contributed by atoms with Gasteiger partial charge in [-0.2, -0.15) is 5.26 Å². The van der Waals surface area contributed by atoms with E-state index in [9.17, 15) is 14.4 Å². The number of carbonyl (C=O) groups is 1. The third-order valence-electron chi connectivity index (χ3n) is 5.72. The molecule has 2 aromatic carbocycles. The Balaban J connectivity index is 1.59. The maximum atomic E-state index is 13.6. The fourth-order valence-electron chi connectivity index (χ4n) is 3.83. The molecule has 0 saturated carbocycles. The van der Waals surface area contributed by atoms with Crippen molar-refractivity contribution in [2.45, 2.75) is 19.5 Å². The molecule has 0 aliphatic rings. The summed E-state index contributed by atoms with van der Waals surface area (Å²) in [6, 6.07) is 20.9. The van der Waals surface area contributed by atoms with Crippen LogP contribution in [0.3, 0.4) is 0 Å². The van der Waals surface area contributed by atoms with E-state index in [1.54, 1.807) is 42.7 Å². The van der Waals surface area contributed by atoms with Gasteiger partial charge in [-0.15, -0.1) is 0 Å². The van der Waals surface area contributed by atoms with Crippen molar-refractivity contribution in [2.24, 2.45) is 5.73 Å². The van der Waals surface area contributed by atoms with Crippen LogP contribution in [0.2, 0.25) is 0 Å². The van der Waals surface area contributed by atoms with Gasteiger partial charge in [0.05, 0.1) is 22.9 Å². The lowest BCUT2D eigenvalue weighted by atomic mass is 10.0. The topological polar surface area (TPSA) is 117 Å². The van der Waals surface area contributed by atoms with E-state index in [0.717, 1.165) is 16.7 Å². The number of benzene rings is 2. The summed E-state index contributed by atoms with van der Waals surface area (Å²) in [5.41, 5.74) is 10.4. The summed E-state index contributed by atoms with van der Waals surface area (Å²) in [6.45, 7) is 1.04. The number of nitrogens with one attached hydrogen (secondary N) is 2. The monoisotopic (exact) mass is 480 g/mol. The van der Waals surface area contributed by atoms with Crippen molar-refractivity contribution in [3.8, 4) is 17.3 Å². The Morgan fingerprint density at radius 1 is 1.06 bits per heavy atom. The molecule has 0 unspecified atom stereocenters. The second-order valence-electron chi connectivity index (χ2n) is 8.09. The first kappa shape index (κ1) is 24.5. The number of hydrogen-bond acceptors (Lipinski definition) is 6. The van der Waals surface area contributed by atoms with Crippen molar-refractivity contribution in [2.75, 3.05) is 11.9 Å². The van der Waals surface area contributed by atoms with Crippen molar-refractivity contribution >= 4 is 11.7 Å². The van der Waals surface area contributed by atoms with Crippen LogP contribution in [0.5, 0.6) is 0 Å². The van der Waals surface area contributed by atoms with E-state index in [4.69, 9.17) is 5.73 Å². The van der Waals surface area contributed by atoms with Crippen LogP contribution in [0.1, 0.15) is 32.6 Å². The van der Waals surface area contributed by atoms with E-state index in [0.29, 0.717) is 47.7 Å². The van der Waals surface area contributed by atoms with Crippen molar-refractivity contribution in [1.29, 1.82) is 5.26 Å². The molecule has 0 radical (unpaired) electrons. The van der Waals surface area contributed by atoms with Crippen molar-refractivity contribution in [3.63, 3.8) is 0 Å². The Bertz CT molecular complexity index is 1420. The number of carbonyl (C=O) groups excluding carboxylic acids is 1. The second kappa shape index (κ2) is 11.7. The number of anilines is 1. The van der Waals surface area contributed by atoms with Crippen molar-refractivity contribution in [3.05, 3.63) is 113 Å². The molecule has 0 atom stereocenters. The van der Waals surface area contributed by atoms with E-state index in [1.807, 2.05) is 24.3 Å². The van der Waals surface area contributed by atoms with Crippen molar-refractivity contribution in [1.82, 2.24) is 15.3 Å². The van der Waals surface area contributed by atoms with Crippen LogP contribution in [0.25, 0.3) is 11.3 Å². The fraction of sp³-hybridized carbons (Fsp3) is 0.143. The van der Waals surface area contributed by atoms with E-state index >= 15 is 0 Å². The van der Waals surface area contributed by atoms with Gasteiger partial charge in [0.2, 0.25) is 0 Å². The van der Waals surface area contributed by atoms with E-state index in [1.165, 1.54) is 12.1 Å². The number of halogens is 1. The molecule has 4 rings (SSSR count). The first-order valence-corrected chi connectivity index (χ1v) is 11.5. The van der Waals surface area contributed by atoms with Crippen LogP contribution in [0.4, 0.5) is 10.2 Å². The molecule has 4 aromatic rings. The molecule has 2 aromatic heterocycles. The van der Waals surface area contributed by atoms with Crippen LogP contribution < -0.4 is 16.4 Å². The molecule has 0 fully saturated rings. The molecule has 0 saturated heterocycles. The number of amides is 1. The predicted octanol–water partition coefficient (Wildman–Crippen LogP) is 4.20. The molecule has 2 heterocycles. The molecule has 8 heteroatoms. The Kier molecular flexibility index (Phi) is 7.96. The lowest BCUT2D eigenvalue weighted by molar-refractivity contribution is 0.0951. The smallest absolute Gasteiger partial charge is 0.255 e. The summed E-state index contributed by atoms with van der Waals surface area (Å²) in [5, 5.41) is 15.6. The third-order valence-corrected chi connectivity index (χ3v) is 5.72. The van der Waals surface area contributed by atoms with Gasteiger partial charge in [0.15, 0.2) is 0 Å². The maximum Gasteiger partial charge on any atom is 0.255 e. The normalized spacial score (nSPS) is 10.5. The predicted molar refractivity (Wildman–Crippen MR) is 136 cm³/mol. The van der Waals surface area contributed by atoms with Crippen LogP contribution in [-0.4, -0.2) is 22.4 Å². The van der Waals surface area contributed by atoms with Gasteiger partial charge in [-0.1, -0.05) is 30.3 Å². The van der Waals surface area contributed by atoms with Gasteiger partial charge in [-0.05, 0) is 59.5 Å². The summed E-state index contributed by atoms with van der Waals surface area (Å²) in [4.78, 5) is 21.9. The number of aromatic nitrogens is 2. The van der Waals surface area contributed by atoms with Gasteiger partial charge in [-0.25, -0.2) is 9.37 Å². The average molecular weight is 481 g/mol. The number of nitriles is 1. The summed E-state index contributed by atoms with van der Waals surface area (Å²) in [5.74, 6) is -0.241. The maximum absolute atomic E-state index is 13.6. The fourth-order valence-corrected chi connectivity index (χ4v) is 3.83. The van der Waals surface area contributed by atoms with Crippen LogP contribution in [-0.2, 0) is 19.5 Å². The zero-order valence-corrected chi connectivity index (χ0v) is 19.5. The quantitative estimate of drug-likeness (QED) is 0.331. The highest BCUT2D eigenvalue weighted by Gasteiger charge is 2.16. The first-order valence-electron chi connectivity index (χ1n) is 11.5. The SMILES string of the molecule is N#Cc1ccccc1-c1ccc(C(=O)NCc2cnccc2CN)c(NCCc2cccc(F)c2)n1. The summed E-state index contributed by atoms with van der Waals surface area (Å²) >= 11 is 0. The Morgan fingerprint density at radius 3 is 2.72 bits per heavy atom. The van der Waals surface area contributed by atoms with Gasteiger partial charge in [0.1, 0.15) is 11.6 Å². The standard InChI is InChI=1S/C28H25FN6O/c29-23-6-3-4-19(14-23)10-13-33-27-25(28(36)34-18-22-17-32-12-11-20(22)15-30)8-9-26(35-27)24-7-2-1-5-21(24)16-31/h1-9,11-12,14,17H,10,13,15,18,30H2,(H,33,35)(H,34,36). The number of rotatable bonds is 9. The number of hydrogen-bond donors (Lipinski definition) is 3. The average Bonchev–Trinajstić information content (AvgIpc) is 2.92. The minimum atomic E-state index is -0.317. The van der Waals surface area contributed by atoms with E-state index in [-0.39, 0.29) is 18.3 Å². The number of nitrogens with zero attached hydrogens (tertiary/aromatic N) is 3. The Labute approximate surface area is 208 Å². The van der Waals surface area contributed by atoms with Crippen LogP contribution in [0, 0.1) is 17.1 Å². The minimum absolute atomic E-state index is 0.265. The molecule has 7 nitrogen and oxygen atoms in total. The Hall–Kier alpha value is -4.61. The lowest BCUT2D eigenvalue weighted by Crippen LogP contribution is -2.25. The van der Waals surface area contributed by atoms with Gasteiger partial charge in [0.25, 0.3) is 5.91 Å². The van der Waals surface area contributed by atoms with Gasteiger partial charge < -0.3 is 16.4 Å². The lowest BCUT2D eigenvalue weighted by Gasteiger charge is -2.14. The van der Waals surface area contributed by atoms with Gasteiger partial charge in [0, 0.05) is 37.6 Å². The zero-order valence-electron chi connectivity index (χ0n) is 19.5. The highest BCUT2D eigenvalue weighted by Crippen LogP contribution is 2.25. The van der Waals surface area contributed by atoms with Gasteiger partial charge in [-0.3, -0.25) is 9.78 Å². The molecule has 0 aliphatic heterocycles. The molecular formula is C28H25FN6O. The highest BCUT2D eigenvalue weighted by atomic mass is 19.1. The zero-order chi connectivity index (χ0) is 25.3. The molecule has 36 heavy (non-hydrogen) atoms. The molecule has 0 bridgehead atoms. The molecule has 180 valence electrons. The molecule has 0 spiro atoms. The van der Waals surface area contributed by atoms with Crippen molar-refractivity contribution < 1.29 is 9.18 Å². The summed E-state index contributed by atoms with van der Waals surface area (Å²) in [6.07, 6.45) is 3.88. The molecule has 0 aliphatic carbocycles. The number of pyridine rings is 2. The second-order valence-corrected chi connectivity index (χ2v) is 8.09. The van der Waals surface area contributed by atoms with E-state index < -0.39 is 0 Å². The van der Waals surface area contributed by atoms with Crippen LogP contribution >= 0.6 is 0 Å². The molecule has 1 amide bonds. The third kappa shape index (κ3) is 5.90. The largest absolute Gasteiger partial charge is 0.369 e. The minimum Gasteiger partial charge on any atom is -0.369 e. The van der Waals surface area contributed by atoms with Crippen LogP contribution in [0.15, 0.2) is 79.1 Å². The molecule has 4 N–H and O–H groups in total. The van der Waals surface area contributed by atoms with Gasteiger partial charge >= 0.3 is 0 Å². The highest BCUT2D eigenvalue weighted by molar-refractivity contribution is 5.99. The summed E-state index contributed by atoms with van der Waals surface area (Å²) in [7, 11) is 0. The number of nitrogens with two attached hydrogens (primary N) is 1.